The molecule has 0 bridgehead atoms. The molecule has 0 spiro atoms. The number of esters is 1. The maximum Gasteiger partial charge on any atom is 0.343 e. The number of hydrogen-bond acceptors (Lipinski definition) is 6. The van der Waals surface area contributed by atoms with Gasteiger partial charge in [-0.15, -0.1) is 0 Å². The molecule has 8 heteroatoms. The van der Waals surface area contributed by atoms with Crippen LogP contribution in [0.1, 0.15) is 27.4 Å². The first-order chi connectivity index (χ1) is 15.4. The number of rotatable bonds is 4. The zero-order valence-electron chi connectivity index (χ0n) is 16.8. The summed E-state index contributed by atoms with van der Waals surface area (Å²) in [6, 6.07) is 19.6. The Hall–Kier alpha value is -3.28. The number of fused-ring (bicyclic) bond motifs is 1. The van der Waals surface area contributed by atoms with E-state index in [1.165, 1.54) is 0 Å². The fourth-order valence-corrected chi connectivity index (χ4v) is 4.14. The fourth-order valence-electron chi connectivity index (χ4n) is 3.50. The number of nitrogens with zero attached hydrogens (tertiary/aromatic N) is 1. The van der Waals surface area contributed by atoms with Gasteiger partial charge in [-0.1, -0.05) is 37.9 Å². The Morgan fingerprint density at radius 2 is 1.75 bits per heavy atom. The van der Waals surface area contributed by atoms with E-state index in [9.17, 15) is 10.1 Å². The summed E-state index contributed by atoms with van der Waals surface area (Å²) in [5.74, 6) is 0.285. The van der Waals surface area contributed by atoms with Gasteiger partial charge in [-0.2, -0.15) is 5.26 Å². The predicted molar refractivity (Wildman–Crippen MR) is 126 cm³/mol. The third-order valence-corrected chi connectivity index (χ3v) is 6.01. The number of nitriles is 1. The highest BCUT2D eigenvalue weighted by Gasteiger charge is 2.33. The van der Waals surface area contributed by atoms with Crippen LogP contribution in [0.4, 0.5) is 0 Å². The van der Waals surface area contributed by atoms with E-state index in [0.29, 0.717) is 28.4 Å². The van der Waals surface area contributed by atoms with Gasteiger partial charge >= 0.3 is 5.97 Å². The first-order valence-corrected chi connectivity index (χ1v) is 11.0. The van der Waals surface area contributed by atoms with E-state index in [1.54, 1.807) is 49.6 Å². The molecule has 32 heavy (non-hydrogen) atoms. The van der Waals surface area contributed by atoms with Crippen molar-refractivity contribution in [3.8, 4) is 23.3 Å². The zero-order valence-corrected chi connectivity index (χ0v) is 19.9. The summed E-state index contributed by atoms with van der Waals surface area (Å²) in [5.41, 5.74) is 8.23. The van der Waals surface area contributed by atoms with Crippen molar-refractivity contribution in [1.82, 2.24) is 0 Å². The molecule has 4 rings (SSSR count). The van der Waals surface area contributed by atoms with E-state index in [1.807, 2.05) is 18.2 Å². The highest BCUT2D eigenvalue weighted by molar-refractivity contribution is 9.10. The Bertz CT molecular complexity index is 1280. The van der Waals surface area contributed by atoms with Crippen LogP contribution < -0.4 is 19.9 Å². The van der Waals surface area contributed by atoms with Gasteiger partial charge in [0.1, 0.15) is 28.9 Å². The lowest BCUT2D eigenvalue weighted by Gasteiger charge is -2.27. The molecule has 3 aromatic rings. The molecule has 3 aromatic carbocycles. The molecule has 1 aliphatic heterocycles. The maximum absolute atomic E-state index is 12.5. The number of benzene rings is 3. The first-order valence-electron chi connectivity index (χ1n) is 9.44. The van der Waals surface area contributed by atoms with Crippen LogP contribution in [0.5, 0.6) is 17.2 Å². The van der Waals surface area contributed by atoms with Crippen molar-refractivity contribution in [2.45, 2.75) is 5.92 Å². The molecule has 6 nitrogen and oxygen atoms in total. The van der Waals surface area contributed by atoms with Gasteiger partial charge in [0.15, 0.2) is 0 Å². The molecular formula is C24H16Br2N2O4. The number of halogens is 2. The lowest BCUT2D eigenvalue weighted by Crippen LogP contribution is -2.21. The van der Waals surface area contributed by atoms with Crippen LogP contribution in [-0.2, 0) is 0 Å². The van der Waals surface area contributed by atoms with Crippen molar-refractivity contribution >= 4 is 37.8 Å². The van der Waals surface area contributed by atoms with E-state index in [-0.39, 0.29) is 11.5 Å². The van der Waals surface area contributed by atoms with Crippen molar-refractivity contribution < 1.29 is 19.0 Å². The SMILES string of the molecule is COc1ccc(Br)cc1C1C(C#N)=C(N)Oc2cc(OC(=O)c3ccc(Br)cc3)ccc21. The number of ether oxygens (including phenoxy) is 3. The Balaban J connectivity index is 1.73. The lowest BCUT2D eigenvalue weighted by molar-refractivity contribution is 0.0734. The summed E-state index contributed by atoms with van der Waals surface area (Å²) < 4.78 is 18.4. The number of allylic oxidation sites excluding steroid dienone is 1. The van der Waals surface area contributed by atoms with Gasteiger partial charge in [0.25, 0.3) is 0 Å². The van der Waals surface area contributed by atoms with E-state index < -0.39 is 11.9 Å². The Morgan fingerprint density at radius 3 is 2.44 bits per heavy atom. The number of methoxy groups -OCH3 is 1. The Morgan fingerprint density at radius 1 is 1.03 bits per heavy atom. The van der Waals surface area contributed by atoms with Crippen molar-refractivity contribution in [3.05, 3.63) is 97.8 Å². The van der Waals surface area contributed by atoms with Crippen LogP contribution in [0.2, 0.25) is 0 Å². The van der Waals surface area contributed by atoms with Crippen molar-refractivity contribution in [1.29, 1.82) is 5.26 Å². The molecule has 0 radical (unpaired) electrons. The predicted octanol–water partition coefficient (Wildman–Crippen LogP) is 5.66. The molecule has 0 aliphatic carbocycles. The second-order valence-corrected chi connectivity index (χ2v) is 8.74. The number of carbonyl (C=O) groups is 1. The molecule has 0 saturated carbocycles. The van der Waals surface area contributed by atoms with E-state index in [0.717, 1.165) is 14.5 Å². The number of hydrogen-bond donors (Lipinski definition) is 1. The van der Waals surface area contributed by atoms with Gasteiger partial charge in [-0.3, -0.25) is 0 Å². The Labute approximate surface area is 201 Å². The lowest BCUT2D eigenvalue weighted by atomic mass is 9.83. The van der Waals surface area contributed by atoms with E-state index in [2.05, 4.69) is 37.9 Å². The standard InChI is InChI=1S/C24H16Br2N2O4/c1-30-20-9-6-15(26)10-18(20)22-17-8-7-16(11-21(17)32-23(28)19(22)12-27)31-24(29)13-2-4-14(25)5-3-13/h2-11,22H,28H2,1H3. The van der Waals surface area contributed by atoms with E-state index >= 15 is 0 Å². The minimum atomic E-state index is -0.507. The van der Waals surface area contributed by atoms with Crippen LogP contribution in [0.25, 0.3) is 0 Å². The highest BCUT2D eigenvalue weighted by Crippen LogP contribution is 2.46. The Kier molecular flexibility index (Phi) is 6.21. The van der Waals surface area contributed by atoms with Crippen molar-refractivity contribution in [3.63, 3.8) is 0 Å². The van der Waals surface area contributed by atoms with Crippen LogP contribution >= 0.6 is 31.9 Å². The molecular weight excluding hydrogens is 540 g/mol. The van der Waals surface area contributed by atoms with Crippen LogP contribution in [0.15, 0.2) is 81.1 Å². The molecule has 0 saturated heterocycles. The summed E-state index contributed by atoms with van der Waals surface area (Å²) in [6.45, 7) is 0. The highest BCUT2D eigenvalue weighted by atomic mass is 79.9. The van der Waals surface area contributed by atoms with Crippen LogP contribution in [0.3, 0.4) is 0 Å². The fraction of sp³-hybridized carbons (Fsp3) is 0.0833. The molecule has 1 unspecified atom stereocenters. The van der Waals surface area contributed by atoms with Gasteiger partial charge < -0.3 is 19.9 Å². The minimum absolute atomic E-state index is 0.0107. The van der Waals surface area contributed by atoms with Gasteiger partial charge in [0.05, 0.1) is 18.6 Å². The van der Waals surface area contributed by atoms with Crippen molar-refractivity contribution in [2.24, 2.45) is 5.73 Å². The molecule has 0 fully saturated rings. The average Bonchev–Trinajstić information content (AvgIpc) is 2.78. The molecule has 160 valence electrons. The molecule has 1 atom stereocenters. The third-order valence-electron chi connectivity index (χ3n) is 4.98. The number of carbonyl (C=O) groups excluding carboxylic acids is 1. The summed E-state index contributed by atoms with van der Waals surface area (Å²) in [4.78, 5) is 12.5. The summed E-state index contributed by atoms with van der Waals surface area (Å²) in [5, 5.41) is 9.78. The third kappa shape index (κ3) is 4.22. The molecule has 1 aliphatic rings. The molecule has 0 amide bonds. The topological polar surface area (TPSA) is 94.6 Å². The van der Waals surface area contributed by atoms with Crippen LogP contribution in [-0.4, -0.2) is 13.1 Å². The maximum atomic E-state index is 12.5. The van der Waals surface area contributed by atoms with Gasteiger partial charge in [-0.05, 0) is 48.5 Å². The normalized spacial score (nSPS) is 14.8. The molecule has 2 N–H and O–H groups in total. The molecule has 1 heterocycles. The summed E-state index contributed by atoms with van der Waals surface area (Å²) in [6.07, 6.45) is 0. The van der Waals surface area contributed by atoms with Crippen LogP contribution in [0, 0.1) is 11.3 Å². The largest absolute Gasteiger partial charge is 0.496 e. The summed E-state index contributed by atoms with van der Waals surface area (Å²) in [7, 11) is 1.57. The van der Waals surface area contributed by atoms with Gasteiger partial charge in [0.2, 0.25) is 5.88 Å². The first kappa shape index (κ1) is 21.9. The smallest absolute Gasteiger partial charge is 0.343 e. The quantitative estimate of drug-likeness (QED) is 0.330. The van der Waals surface area contributed by atoms with Gasteiger partial charge in [0, 0.05) is 26.1 Å². The van der Waals surface area contributed by atoms with E-state index in [4.69, 9.17) is 19.9 Å². The average molecular weight is 556 g/mol. The second kappa shape index (κ2) is 9.07. The minimum Gasteiger partial charge on any atom is -0.496 e. The second-order valence-electron chi connectivity index (χ2n) is 6.91. The number of nitrogens with two attached hydrogens (primary N) is 1. The monoisotopic (exact) mass is 554 g/mol. The zero-order chi connectivity index (χ0) is 22.8. The molecule has 0 aromatic heterocycles. The summed E-state index contributed by atoms with van der Waals surface area (Å²) >= 11 is 6.82. The van der Waals surface area contributed by atoms with Crippen molar-refractivity contribution in [2.75, 3.05) is 7.11 Å². The van der Waals surface area contributed by atoms with Gasteiger partial charge in [-0.25, -0.2) is 4.79 Å².